The van der Waals surface area contributed by atoms with Crippen LogP contribution in [0.4, 0.5) is 5.82 Å². The van der Waals surface area contributed by atoms with Crippen LogP contribution >= 0.6 is 0 Å². The monoisotopic (exact) mass is 428 g/mol. The molecule has 0 radical (unpaired) electrons. The van der Waals surface area contributed by atoms with Gasteiger partial charge in [0.05, 0.1) is 17.5 Å². The molecule has 1 saturated heterocycles. The molecule has 6 heteroatoms. The summed E-state index contributed by atoms with van der Waals surface area (Å²) >= 11 is 0. The van der Waals surface area contributed by atoms with Gasteiger partial charge in [0, 0.05) is 31.2 Å². The van der Waals surface area contributed by atoms with E-state index >= 15 is 0 Å². The molecule has 0 N–H and O–H groups in total. The van der Waals surface area contributed by atoms with E-state index in [1.165, 1.54) is 11.8 Å². The third kappa shape index (κ3) is 4.11. The molecule has 1 amide bonds. The van der Waals surface area contributed by atoms with E-state index in [-0.39, 0.29) is 17.9 Å². The molecule has 1 aliphatic heterocycles. The number of aryl methyl sites for hydroxylation is 1. The summed E-state index contributed by atoms with van der Waals surface area (Å²) in [6.45, 7) is 10.1. The Labute approximate surface area is 189 Å². The summed E-state index contributed by atoms with van der Waals surface area (Å²) in [6.07, 6.45) is 1.51. The zero-order valence-electron chi connectivity index (χ0n) is 19.0. The third-order valence-corrected chi connectivity index (χ3v) is 5.98. The Kier molecular flexibility index (Phi) is 6.00. The molecule has 6 nitrogen and oxygen atoms in total. The van der Waals surface area contributed by atoms with E-state index in [2.05, 4.69) is 56.0 Å². The quantitative estimate of drug-likeness (QED) is 0.585. The summed E-state index contributed by atoms with van der Waals surface area (Å²) in [4.78, 5) is 21.7. The molecule has 1 aliphatic rings. The Morgan fingerprint density at radius 2 is 1.97 bits per heavy atom. The zero-order chi connectivity index (χ0) is 22.8. The van der Waals surface area contributed by atoms with Crippen LogP contribution in [-0.4, -0.2) is 41.5 Å². The first kappa shape index (κ1) is 21.6. The van der Waals surface area contributed by atoms with E-state index < -0.39 is 0 Å². The number of anilines is 1. The number of rotatable bonds is 4. The molecule has 0 spiro atoms. The number of carbonyl (C=O) groups is 1. The molecule has 2 aromatic heterocycles. The van der Waals surface area contributed by atoms with Crippen LogP contribution in [0.1, 0.15) is 54.1 Å². The average Bonchev–Trinajstić information content (AvgIpc) is 3.33. The number of carbonyl (C=O) groups excluding carboxylic acids is 1. The topological polar surface area (TPSA) is 73.4 Å². The highest BCUT2D eigenvalue weighted by molar-refractivity contribution is 5.91. The Hall–Kier alpha value is -3.59. The fourth-order valence-corrected chi connectivity index (χ4v) is 4.24. The molecule has 3 heterocycles. The number of aromatic nitrogens is 1. The summed E-state index contributed by atoms with van der Waals surface area (Å²) in [7, 11) is 0. The van der Waals surface area contributed by atoms with Gasteiger partial charge >= 0.3 is 0 Å². The minimum absolute atomic E-state index is 0.0334. The molecular weight excluding hydrogens is 400 g/mol. The van der Waals surface area contributed by atoms with Crippen molar-refractivity contribution >= 4 is 11.7 Å². The van der Waals surface area contributed by atoms with Crippen molar-refractivity contribution < 1.29 is 9.21 Å². The first-order valence-corrected chi connectivity index (χ1v) is 11.0. The van der Waals surface area contributed by atoms with Gasteiger partial charge in [-0.05, 0) is 43.5 Å². The number of piperazine rings is 1. The summed E-state index contributed by atoms with van der Waals surface area (Å²) in [5, 5.41) is 9.93. The fraction of sp³-hybridized carbons (Fsp3) is 0.346. The average molecular weight is 429 g/mol. The maximum Gasteiger partial charge on any atom is 0.289 e. The van der Waals surface area contributed by atoms with Crippen LogP contribution in [0, 0.1) is 18.3 Å². The van der Waals surface area contributed by atoms with Gasteiger partial charge < -0.3 is 14.2 Å². The predicted octanol–water partition coefficient (Wildman–Crippen LogP) is 5.00. The standard InChI is InChI=1S/C26H28N4O2/c1-17(2)24-22(20-9-7-18(3)8-10-20)14-21(15-27)25(28-24)29-11-12-30(19(4)16-29)26(31)23-6-5-13-32-23/h5-10,13-14,17,19H,11-12,16H2,1-4H3/t19-/m1/s1. The van der Waals surface area contributed by atoms with Crippen molar-refractivity contribution in [3.63, 3.8) is 0 Å². The van der Waals surface area contributed by atoms with Crippen LogP contribution in [0.3, 0.4) is 0 Å². The van der Waals surface area contributed by atoms with E-state index in [1.807, 2.05) is 17.9 Å². The summed E-state index contributed by atoms with van der Waals surface area (Å²) < 4.78 is 5.29. The van der Waals surface area contributed by atoms with Gasteiger partial charge in [-0.15, -0.1) is 0 Å². The molecule has 32 heavy (non-hydrogen) atoms. The van der Waals surface area contributed by atoms with Crippen molar-refractivity contribution in [3.05, 3.63) is 71.3 Å². The van der Waals surface area contributed by atoms with E-state index in [1.54, 1.807) is 12.1 Å². The second-order valence-corrected chi connectivity index (χ2v) is 8.70. The first-order chi connectivity index (χ1) is 15.4. The molecule has 1 fully saturated rings. The number of pyridine rings is 1. The minimum atomic E-state index is -0.104. The van der Waals surface area contributed by atoms with Crippen molar-refractivity contribution in [2.75, 3.05) is 24.5 Å². The molecule has 4 rings (SSSR count). The van der Waals surface area contributed by atoms with Gasteiger partial charge in [-0.3, -0.25) is 4.79 Å². The highest BCUT2D eigenvalue weighted by Crippen LogP contribution is 2.33. The number of hydrogen-bond donors (Lipinski definition) is 0. The minimum Gasteiger partial charge on any atom is -0.459 e. The smallest absolute Gasteiger partial charge is 0.289 e. The third-order valence-electron chi connectivity index (χ3n) is 5.98. The van der Waals surface area contributed by atoms with Gasteiger partial charge in [0.2, 0.25) is 0 Å². The summed E-state index contributed by atoms with van der Waals surface area (Å²) in [5.41, 5.74) is 4.80. The van der Waals surface area contributed by atoms with Crippen LogP contribution < -0.4 is 4.90 Å². The van der Waals surface area contributed by atoms with Crippen LogP contribution in [0.25, 0.3) is 11.1 Å². The largest absolute Gasteiger partial charge is 0.459 e. The second kappa shape index (κ2) is 8.88. The molecular formula is C26H28N4O2. The van der Waals surface area contributed by atoms with E-state index in [4.69, 9.17) is 9.40 Å². The van der Waals surface area contributed by atoms with Crippen LogP contribution in [0.15, 0.2) is 53.1 Å². The molecule has 0 unspecified atom stereocenters. The lowest BCUT2D eigenvalue weighted by atomic mass is 9.95. The van der Waals surface area contributed by atoms with Crippen LogP contribution in [0.5, 0.6) is 0 Å². The number of benzene rings is 1. The van der Waals surface area contributed by atoms with Crippen molar-refractivity contribution in [1.82, 2.24) is 9.88 Å². The van der Waals surface area contributed by atoms with Crippen molar-refractivity contribution in [1.29, 1.82) is 5.26 Å². The zero-order valence-corrected chi connectivity index (χ0v) is 19.0. The van der Waals surface area contributed by atoms with Crippen LogP contribution in [0.2, 0.25) is 0 Å². The normalized spacial score (nSPS) is 16.3. The van der Waals surface area contributed by atoms with Gasteiger partial charge in [0.1, 0.15) is 11.9 Å². The summed E-state index contributed by atoms with van der Waals surface area (Å²) in [6, 6.07) is 16.0. The SMILES string of the molecule is Cc1ccc(-c2cc(C#N)c(N3CCN(C(=O)c4ccco4)[C@H](C)C3)nc2C(C)C)cc1. The van der Waals surface area contributed by atoms with Gasteiger partial charge in [-0.25, -0.2) is 4.98 Å². The maximum atomic E-state index is 12.8. The highest BCUT2D eigenvalue weighted by atomic mass is 16.3. The van der Waals surface area contributed by atoms with E-state index in [0.29, 0.717) is 36.8 Å². The van der Waals surface area contributed by atoms with Crippen molar-refractivity contribution in [2.24, 2.45) is 0 Å². The fourth-order valence-electron chi connectivity index (χ4n) is 4.24. The second-order valence-electron chi connectivity index (χ2n) is 8.70. The van der Waals surface area contributed by atoms with Crippen LogP contribution in [-0.2, 0) is 0 Å². The molecule has 0 saturated carbocycles. The molecule has 0 aliphatic carbocycles. The van der Waals surface area contributed by atoms with Gasteiger partial charge in [-0.2, -0.15) is 5.26 Å². The number of amides is 1. The Morgan fingerprint density at radius 1 is 1.22 bits per heavy atom. The number of nitrogens with zero attached hydrogens (tertiary/aromatic N) is 4. The van der Waals surface area contributed by atoms with Gasteiger partial charge in [0.15, 0.2) is 5.76 Å². The molecule has 164 valence electrons. The molecule has 1 aromatic carbocycles. The van der Waals surface area contributed by atoms with E-state index in [9.17, 15) is 10.1 Å². The van der Waals surface area contributed by atoms with Crippen molar-refractivity contribution in [3.8, 4) is 17.2 Å². The lowest BCUT2D eigenvalue weighted by molar-refractivity contribution is 0.0641. The predicted molar refractivity (Wildman–Crippen MR) is 125 cm³/mol. The van der Waals surface area contributed by atoms with Gasteiger partial charge in [0.25, 0.3) is 5.91 Å². The van der Waals surface area contributed by atoms with Crippen molar-refractivity contribution in [2.45, 2.75) is 39.7 Å². The number of furan rings is 1. The lowest BCUT2D eigenvalue weighted by Gasteiger charge is -2.40. The molecule has 1 atom stereocenters. The number of hydrogen-bond acceptors (Lipinski definition) is 5. The highest BCUT2D eigenvalue weighted by Gasteiger charge is 2.31. The molecule has 0 bridgehead atoms. The summed E-state index contributed by atoms with van der Waals surface area (Å²) in [5.74, 6) is 1.15. The first-order valence-electron chi connectivity index (χ1n) is 11.0. The lowest BCUT2D eigenvalue weighted by Crippen LogP contribution is -2.54. The van der Waals surface area contributed by atoms with Gasteiger partial charge in [-0.1, -0.05) is 43.7 Å². The Balaban J connectivity index is 1.65. The Morgan fingerprint density at radius 3 is 2.56 bits per heavy atom. The maximum absolute atomic E-state index is 12.8. The van der Waals surface area contributed by atoms with E-state index in [0.717, 1.165) is 16.8 Å². The number of nitriles is 1. The molecule has 3 aromatic rings. The Bertz CT molecular complexity index is 1140.